The summed E-state index contributed by atoms with van der Waals surface area (Å²) in [6, 6.07) is 0. The molecule has 1 aromatic heterocycles. The lowest BCUT2D eigenvalue weighted by molar-refractivity contribution is -0.141. The minimum Gasteiger partial charge on any atom is -0.468 e. The second-order valence-corrected chi connectivity index (χ2v) is 2.26. The number of esters is 1. The summed E-state index contributed by atoms with van der Waals surface area (Å²) < 4.78 is 5.66. The van der Waals surface area contributed by atoms with Crippen LogP contribution in [0.5, 0.6) is 0 Å². The first kappa shape index (κ1) is 9.17. The third-order valence-electron chi connectivity index (χ3n) is 1.30. The van der Waals surface area contributed by atoms with Gasteiger partial charge in [-0.25, -0.2) is 9.67 Å². The molecule has 0 saturated heterocycles. The summed E-state index contributed by atoms with van der Waals surface area (Å²) >= 11 is 0. The summed E-state index contributed by atoms with van der Waals surface area (Å²) in [6.45, 7) is -0.0310. The number of nitrogens with one attached hydrogen (secondary N) is 1. The molecule has 0 aliphatic heterocycles. The highest BCUT2D eigenvalue weighted by molar-refractivity contribution is 5.90. The van der Waals surface area contributed by atoms with Gasteiger partial charge in [-0.3, -0.25) is 10.2 Å². The Morgan fingerprint density at radius 1 is 1.85 bits per heavy atom. The van der Waals surface area contributed by atoms with Crippen molar-refractivity contribution in [1.82, 2.24) is 14.8 Å². The number of nitrogens with two attached hydrogens (primary N) is 1. The molecular weight excluding hydrogens is 174 g/mol. The smallest absolute Gasteiger partial charge is 0.327 e. The maximum atomic E-state index is 10.8. The lowest BCUT2D eigenvalue weighted by Gasteiger charge is -1.96. The van der Waals surface area contributed by atoms with Crippen molar-refractivity contribution in [2.24, 2.45) is 5.73 Å². The zero-order valence-electron chi connectivity index (χ0n) is 7.02. The van der Waals surface area contributed by atoms with Gasteiger partial charge in [0.15, 0.2) is 5.84 Å². The van der Waals surface area contributed by atoms with E-state index in [0.29, 0.717) is 0 Å². The van der Waals surface area contributed by atoms with E-state index in [1.807, 2.05) is 0 Å². The van der Waals surface area contributed by atoms with Crippen LogP contribution < -0.4 is 5.73 Å². The maximum Gasteiger partial charge on any atom is 0.327 e. The van der Waals surface area contributed by atoms with E-state index in [-0.39, 0.29) is 18.2 Å². The van der Waals surface area contributed by atoms with Gasteiger partial charge < -0.3 is 10.5 Å². The van der Waals surface area contributed by atoms with E-state index in [2.05, 4.69) is 14.8 Å². The first-order valence-corrected chi connectivity index (χ1v) is 3.44. The number of aromatic nitrogens is 3. The molecular formula is C6H9N5O2. The number of methoxy groups -OCH3 is 1. The van der Waals surface area contributed by atoms with Crippen LogP contribution in [0.25, 0.3) is 0 Å². The number of nitrogens with zero attached hydrogens (tertiary/aromatic N) is 3. The van der Waals surface area contributed by atoms with Gasteiger partial charge >= 0.3 is 5.97 Å². The quantitative estimate of drug-likeness (QED) is 0.345. The molecule has 0 amide bonds. The lowest BCUT2D eigenvalue weighted by atomic mass is 10.6. The van der Waals surface area contributed by atoms with Crippen molar-refractivity contribution in [3.8, 4) is 0 Å². The summed E-state index contributed by atoms with van der Waals surface area (Å²) in [6.07, 6.45) is 1.31. The predicted molar refractivity (Wildman–Crippen MR) is 43.1 cm³/mol. The normalized spacial score (nSPS) is 9.62. The van der Waals surface area contributed by atoms with E-state index in [1.165, 1.54) is 18.1 Å². The Bertz CT molecular complexity index is 332. The second-order valence-electron chi connectivity index (χ2n) is 2.26. The molecule has 0 atom stereocenters. The molecule has 70 valence electrons. The Morgan fingerprint density at radius 2 is 2.54 bits per heavy atom. The fourth-order valence-electron chi connectivity index (χ4n) is 0.691. The second kappa shape index (κ2) is 3.65. The summed E-state index contributed by atoms with van der Waals surface area (Å²) in [5, 5.41) is 10.8. The number of nitrogen functional groups attached to an aromatic ring is 1. The maximum absolute atomic E-state index is 10.8. The van der Waals surface area contributed by atoms with Crippen molar-refractivity contribution < 1.29 is 9.53 Å². The third kappa shape index (κ3) is 2.26. The molecule has 3 N–H and O–H groups in total. The van der Waals surface area contributed by atoms with Gasteiger partial charge in [-0.1, -0.05) is 0 Å². The highest BCUT2D eigenvalue weighted by Gasteiger charge is 2.06. The molecule has 0 saturated carbocycles. The molecule has 0 fully saturated rings. The average molecular weight is 183 g/mol. The summed E-state index contributed by atoms with van der Waals surface area (Å²) in [7, 11) is 1.28. The van der Waals surface area contributed by atoms with E-state index >= 15 is 0 Å². The molecule has 1 rings (SSSR count). The van der Waals surface area contributed by atoms with Crippen LogP contribution in [0.3, 0.4) is 0 Å². The largest absolute Gasteiger partial charge is 0.468 e. The summed E-state index contributed by atoms with van der Waals surface area (Å²) in [5.41, 5.74) is 5.12. The topological polar surface area (TPSA) is 107 Å². The van der Waals surface area contributed by atoms with E-state index < -0.39 is 5.97 Å². The Hall–Kier alpha value is -1.92. The van der Waals surface area contributed by atoms with Crippen molar-refractivity contribution in [3.05, 3.63) is 12.2 Å². The van der Waals surface area contributed by atoms with Crippen LogP contribution in [0, 0.1) is 5.41 Å². The molecule has 1 aromatic rings. The minimum atomic E-state index is -0.431. The molecule has 13 heavy (non-hydrogen) atoms. The highest BCUT2D eigenvalue weighted by atomic mass is 16.5. The Labute approximate surface area is 74.0 Å². The highest BCUT2D eigenvalue weighted by Crippen LogP contribution is 1.89. The van der Waals surface area contributed by atoms with E-state index in [4.69, 9.17) is 11.1 Å². The van der Waals surface area contributed by atoms with Crippen molar-refractivity contribution in [2.45, 2.75) is 6.54 Å². The average Bonchev–Trinajstić information content (AvgIpc) is 2.52. The predicted octanol–water partition coefficient (Wildman–Crippen LogP) is -1.26. The summed E-state index contributed by atoms with van der Waals surface area (Å²) in [4.78, 5) is 14.5. The number of carbonyl (C=O) groups is 1. The zero-order valence-corrected chi connectivity index (χ0v) is 7.02. The molecule has 0 unspecified atom stereocenters. The molecule has 7 heteroatoms. The Kier molecular flexibility index (Phi) is 2.58. The van der Waals surface area contributed by atoms with Gasteiger partial charge in [-0.2, -0.15) is 0 Å². The number of rotatable bonds is 3. The first-order valence-electron chi connectivity index (χ1n) is 3.44. The SMILES string of the molecule is COC(=O)Cn1cnc(C(=N)N)n1. The van der Waals surface area contributed by atoms with Crippen LogP contribution in [0.1, 0.15) is 5.82 Å². The van der Waals surface area contributed by atoms with E-state index in [0.717, 1.165) is 0 Å². The molecule has 1 heterocycles. The van der Waals surface area contributed by atoms with Crippen molar-refractivity contribution >= 4 is 11.8 Å². The van der Waals surface area contributed by atoms with Gasteiger partial charge in [0.1, 0.15) is 12.9 Å². The van der Waals surface area contributed by atoms with Gasteiger partial charge in [0.2, 0.25) is 5.82 Å². The number of ether oxygens (including phenoxy) is 1. The molecule has 0 bridgehead atoms. The Morgan fingerprint density at radius 3 is 3.00 bits per heavy atom. The van der Waals surface area contributed by atoms with Crippen LogP contribution in [0.2, 0.25) is 0 Å². The first-order chi connectivity index (χ1) is 6.13. The number of hydrogen-bond acceptors (Lipinski definition) is 5. The molecule has 7 nitrogen and oxygen atoms in total. The standard InChI is InChI=1S/C6H9N5O2/c1-13-4(12)2-11-3-9-6(10-11)5(7)8/h3H,2H2,1H3,(H3,7,8). The third-order valence-corrected chi connectivity index (χ3v) is 1.30. The van der Waals surface area contributed by atoms with Crippen molar-refractivity contribution in [1.29, 1.82) is 5.41 Å². The van der Waals surface area contributed by atoms with Crippen LogP contribution >= 0.6 is 0 Å². The number of hydrogen-bond donors (Lipinski definition) is 2. The van der Waals surface area contributed by atoms with Crippen LogP contribution in [0.4, 0.5) is 0 Å². The van der Waals surface area contributed by atoms with Gasteiger partial charge in [-0.15, -0.1) is 5.10 Å². The van der Waals surface area contributed by atoms with E-state index in [1.54, 1.807) is 0 Å². The zero-order chi connectivity index (χ0) is 9.84. The van der Waals surface area contributed by atoms with Gasteiger partial charge in [0.25, 0.3) is 0 Å². The van der Waals surface area contributed by atoms with Crippen molar-refractivity contribution in [2.75, 3.05) is 7.11 Å². The van der Waals surface area contributed by atoms with Gasteiger partial charge in [-0.05, 0) is 0 Å². The molecule has 0 aromatic carbocycles. The minimum absolute atomic E-state index is 0.0310. The molecule has 0 radical (unpaired) electrons. The van der Waals surface area contributed by atoms with Crippen molar-refractivity contribution in [3.63, 3.8) is 0 Å². The van der Waals surface area contributed by atoms with E-state index in [9.17, 15) is 4.79 Å². The van der Waals surface area contributed by atoms with Crippen LogP contribution in [0.15, 0.2) is 6.33 Å². The molecule has 0 aliphatic carbocycles. The fourth-order valence-corrected chi connectivity index (χ4v) is 0.691. The molecule has 0 aliphatic rings. The lowest BCUT2D eigenvalue weighted by Crippen LogP contribution is -2.16. The summed E-state index contributed by atoms with van der Waals surface area (Å²) in [5.74, 6) is -0.562. The van der Waals surface area contributed by atoms with Gasteiger partial charge in [0, 0.05) is 0 Å². The fraction of sp³-hybridized carbons (Fsp3) is 0.333. The van der Waals surface area contributed by atoms with Gasteiger partial charge in [0.05, 0.1) is 7.11 Å². The Balaban J connectivity index is 2.69. The molecule has 0 spiro atoms. The number of carbonyl (C=O) groups excluding carboxylic acids is 1. The monoisotopic (exact) mass is 183 g/mol. The van der Waals surface area contributed by atoms with Crippen LogP contribution in [-0.2, 0) is 16.1 Å². The van der Waals surface area contributed by atoms with Crippen LogP contribution in [-0.4, -0.2) is 33.7 Å². The number of amidine groups is 1.